The third-order valence-electron chi connectivity index (χ3n) is 2.78. The Hall–Kier alpha value is -2.41. The standard InChI is InChI=1S/C15H13BrN2O4/c1-2-22-13-5-3-12(4-6-13)17-9-10-7-11(16)8-14(15(10)19)18(20)21/h3-9,19H,2H2,1H3. The number of rotatable bonds is 5. The molecule has 0 aromatic heterocycles. The number of halogens is 1. The third-order valence-corrected chi connectivity index (χ3v) is 3.24. The molecule has 6 nitrogen and oxygen atoms in total. The minimum atomic E-state index is -0.645. The number of hydrogen-bond donors (Lipinski definition) is 1. The summed E-state index contributed by atoms with van der Waals surface area (Å²) in [4.78, 5) is 14.4. The number of hydrogen-bond acceptors (Lipinski definition) is 5. The first-order chi connectivity index (χ1) is 10.5. The van der Waals surface area contributed by atoms with Gasteiger partial charge in [-0.15, -0.1) is 0 Å². The van der Waals surface area contributed by atoms with Gasteiger partial charge in [0.1, 0.15) is 5.75 Å². The largest absolute Gasteiger partial charge is 0.502 e. The summed E-state index contributed by atoms with van der Waals surface area (Å²) in [6.45, 7) is 2.48. The Morgan fingerprint density at radius 3 is 2.64 bits per heavy atom. The Bertz CT molecular complexity index is 714. The Morgan fingerprint density at radius 2 is 2.05 bits per heavy atom. The van der Waals surface area contributed by atoms with Crippen molar-refractivity contribution in [3.05, 3.63) is 56.5 Å². The molecule has 0 spiro atoms. The highest BCUT2D eigenvalue weighted by molar-refractivity contribution is 9.10. The van der Waals surface area contributed by atoms with Crippen LogP contribution in [-0.2, 0) is 0 Å². The molecule has 2 aromatic rings. The lowest BCUT2D eigenvalue weighted by Gasteiger charge is -2.03. The van der Waals surface area contributed by atoms with Gasteiger partial charge in [0.05, 0.1) is 17.2 Å². The number of ether oxygens (including phenoxy) is 1. The van der Waals surface area contributed by atoms with Gasteiger partial charge in [-0.25, -0.2) is 0 Å². The fourth-order valence-corrected chi connectivity index (χ4v) is 2.25. The maximum atomic E-state index is 10.9. The molecule has 0 aliphatic rings. The first-order valence-corrected chi connectivity index (χ1v) is 7.24. The zero-order chi connectivity index (χ0) is 16.1. The lowest BCUT2D eigenvalue weighted by molar-refractivity contribution is -0.385. The molecule has 0 atom stereocenters. The van der Waals surface area contributed by atoms with Crippen molar-refractivity contribution in [2.24, 2.45) is 4.99 Å². The topological polar surface area (TPSA) is 85.0 Å². The van der Waals surface area contributed by atoms with Crippen molar-refractivity contribution in [3.8, 4) is 11.5 Å². The van der Waals surface area contributed by atoms with Crippen LogP contribution in [0.25, 0.3) is 0 Å². The van der Waals surface area contributed by atoms with E-state index in [-0.39, 0.29) is 11.3 Å². The molecule has 0 amide bonds. The van der Waals surface area contributed by atoms with E-state index >= 15 is 0 Å². The molecule has 0 fully saturated rings. The van der Waals surface area contributed by atoms with Crippen molar-refractivity contribution in [2.45, 2.75) is 6.92 Å². The minimum absolute atomic E-state index is 0.259. The van der Waals surface area contributed by atoms with Crippen LogP contribution < -0.4 is 4.74 Å². The van der Waals surface area contributed by atoms with E-state index in [2.05, 4.69) is 20.9 Å². The molecule has 0 aliphatic heterocycles. The van der Waals surface area contributed by atoms with E-state index in [9.17, 15) is 15.2 Å². The minimum Gasteiger partial charge on any atom is -0.502 e. The number of nitrogens with zero attached hydrogens (tertiary/aromatic N) is 2. The Kier molecular flexibility index (Phi) is 5.11. The number of nitro benzene ring substituents is 1. The summed E-state index contributed by atoms with van der Waals surface area (Å²) in [5.74, 6) is 0.324. The number of nitro groups is 1. The molecule has 2 rings (SSSR count). The van der Waals surface area contributed by atoms with E-state index in [1.807, 2.05) is 6.92 Å². The first kappa shape index (κ1) is 16.0. The lowest BCUT2D eigenvalue weighted by Crippen LogP contribution is -1.92. The van der Waals surface area contributed by atoms with Crippen molar-refractivity contribution in [1.29, 1.82) is 0 Å². The zero-order valence-corrected chi connectivity index (χ0v) is 13.3. The second-order valence-corrected chi connectivity index (χ2v) is 5.22. The van der Waals surface area contributed by atoms with Crippen LogP contribution in [0, 0.1) is 10.1 Å². The van der Waals surface area contributed by atoms with Crippen LogP contribution in [0.5, 0.6) is 11.5 Å². The molecule has 2 aromatic carbocycles. The van der Waals surface area contributed by atoms with E-state index in [1.54, 1.807) is 30.3 Å². The van der Waals surface area contributed by atoms with E-state index in [0.29, 0.717) is 16.8 Å². The van der Waals surface area contributed by atoms with Crippen molar-refractivity contribution in [2.75, 3.05) is 6.61 Å². The summed E-state index contributed by atoms with van der Waals surface area (Å²) < 4.78 is 5.82. The number of benzene rings is 2. The van der Waals surface area contributed by atoms with Crippen LogP contribution in [-0.4, -0.2) is 22.9 Å². The average molecular weight is 365 g/mol. The summed E-state index contributed by atoms with van der Waals surface area (Å²) in [5.41, 5.74) is 0.531. The van der Waals surface area contributed by atoms with Gasteiger partial charge in [0.15, 0.2) is 0 Å². The normalized spacial score (nSPS) is 10.8. The highest BCUT2D eigenvalue weighted by atomic mass is 79.9. The maximum absolute atomic E-state index is 10.9. The molecule has 22 heavy (non-hydrogen) atoms. The SMILES string of the molecule is CCOc1ccc(N=Cc2cc(Br)cc([N+](=O)[O-])c2O)cc1. The van der Waals surface area contributed by atoms with Crippen LogP contribution in [0.1, 0.15) is 12.5 Å². The van der Waals surface area contributed by atoms with Gasteiger partial charge in [0.2, 0.25) is 5.75 Å². The smallest absolute Gasteiger partial charge is 0.312 e. The molecule has 0 saturated heterocycles. The Labute approximate surface area is 135 Å². The van der Waals surface area contributed by atoms with Gasteiger partial charge >= 0.3 is 5.69 Å². The van der Waals surface area contributed by atoms with E-state index in [0.717, 1.165) is 5.75 Å². The highest BCUT2D eigenvalue weighted by Crippen LogP contribution is 2.32. The molecule has 0 heterocycles. The second kappa shape index (κ2) is 7.04. The van der Waals surface area contributed by atoms with Crippen LogP contribution in [0.15, 0.2) is 45.9 Å². The maximum Gasteiger partial charge on any atom is 0.312 e. The predicted octanol–water partition coefficient (Wildman–Crippen LogP) is 4.21. The molecule has 0 unspecified atom stereocenters. The summed E-state index contributed by atoms with van der Waals surface area (Å²) in [6.07, 6.45) is 1.38. The van der Waals surface area contributed by atoms with Crippen molar-refractivity contribution in [1.82, 2.24) is 0 Å². The fraction of sp³-hybridized carbons (Fsp3) is 0.133. The van der Waals surface area contributed by atoms with Crippen molar-refractivity contribution < 1.29 is 14.8 Å². The Morgan fingerprint density at radius 1 is 1.36 bits per heavy atom. The van der Waals surface area contributed by atoms with Gasteiger partial charge in [0.25, 0.3) is 0 Å². The second-order valence-electron chi connectivity index (χ2n) is 4.30. The number of aliphatic imine (C=N–C) groups is 1. The quantitative estimate of drug-likeness (QED) is 0.489. The van der Waals surface area contributed by atoms with Gasteiger partial charge in [-0.05, 0) is 37.3 Å². The Balaban J connectivity index is 2.28. The molecule has 114 valence electrons. The molecule has 1 N–H and O–H groups in total. The van der Waals surface area contributed by atoms with Crippen LogP contribution >= 0.6 is 15.9 Å². The van der Waals surface area contributed by atoms with Gasteiger partial charge in [-0.2, -0.15) is 0 Å². The monoisotopic (exact) mass is 364 g/mol. The summed E-state index contributed by atoms with van der Waals surface area (Å²) in [7, 11) is 0. The molecule has 0 radical (unpaired) electrons. The van der Waals surface area contributed by atoms with E-state index in [4.69, 9.17) is 4.74 Å². The summed E-state index contributed by atoms with van der Waals surface area (Å²) in [5, 5.41) is 20.8. The summed E-state index contributed by atoms with van der Waals surface area (Å²) in [6, 6.07) is 9.86. The average Bonchev–Trinajstić information content (AvgIpc) is 2.49. The zero-order valence-electron chi connectivity index (χ0n) is 11.7. The first-order valence-electron chi connectivity index (χ1n) is 6.45. The molecular weight excluding hydrogens is 352 g/mol. The highest BCUT2D eigenvalue weighted by Gasteiger charge is 2.17. The van der Waals surface area contributed by atoms with E-state index < -0.39 is 10.7 Å². The molecule has 0 bridgehead atoms. The fourth-order valence-electron chi connectivity index (χ4n) is 1.78. The lowest BCUT2D eigenvalue weighted by atomic mass is 10.2. The molecule has 7 heteroatoms. The number of aromatic hydroxyl groups is 1. The van der Waals surface area contributed by atoms with Crippen LogP contribution in [0.2, 0.25) is 0 Å². The number of phenols is 1. The number of phenolic OH excluding ortho intramolecular Hbond substituents is 1. The van der Waals surface area contributed by atoms with E-state index in [1.165, 1.54) is 12.3 Å². The van der Waals surface area contributed by atoms with Gasteiger partial charge in [-0.1, -0.05) is 15.9 Å². The summed E-state index contributed by atoms with van der Waals surface area (Å²) >= 11 is 3.17. The van der Waals surface area contributed by atoms with Gasteiger partial charge in [0, 0.05) is 22.3 Å². The predicted molar refractivity (Wildman–Crippen MR) is 87.3 cm³/mol. The van der Waals surface area contributed by atoms with Gasteiger partial charge < -0.3 is 9.84 Å². The van der Waals surface area contributed by atoms with Crippen molar-refractivity contribution >= 4 is 33.5 Å². The molecular formula is C15H13BrN2O4. The van der Waals surface area contributed by atoms with Gasteiger partial charge in [-0.3, -0.25) is 15.1 Å². The van der Waals surface area contributed by atoms with Crippen LogP contribution in [0.3, 0.4) is 0 Å². The molecule has 0 aliphatic carbocycles. The van der Waals surface area contributed by atoms with Crippen molar-refractivity contribution in [3.63, 3.8) is 0 Å². The third kappa shape index (κ3) is 3.82. The molecule has 0 saturated carbocycles. The van der Waals surface area contributed by atoms with Crippen LogP contribution in [0.4, 0.5) is 11.4 Å².